The quantitative estimate of drug-likeness (QED) is 0.605. The van der Waals surface area contributed by atoms with E-state index >= 15 is 0 Å². The lowest BCUT2D eigenvalue weighted by Crippen LogP contribution is -2.27. The SMILES string of the molecule is CC[C@H](C)[C@@H](N=Cc1ccc(C)nc1C)C(=O)OC. The minimum Gasteiger partial charge on any atom is -0.467 e. The number of hydrogen-bond acceptors (Lipinski definition) is 4. The maximum atomic E-state index is 11.7. The summed E-state index contributed by atoms with van der Waals surface area (Å²) in [6.45, 7) is 7.92. The van der Waals surface area contributed by atoms with Crippen LogP contribution < -0.4 is 0 Å². The van der Waals surface area contributed by atoms with Crippen molar-refractivity contribution in [3.63, 3.8) is 0 Å². The second-order valence-electron chi connectivity index (χ2n) is 4.76. The summed E-state index contributed by atoms with van der Waals surface area (Å²) in [7, 11) is 1.39. The predicted molar refractivity (Wildman–Crippen MR) is 76.6 cm³/mol. The summed E-state index contributed by atoms with van der Waals surface area (Å²) in [4.78, 5) is 20.5. The van der Waals surface area contributed by atoms with Crippen molar-refractivity contribution >= 4 is 12.2 Å². The fourth-order valence-electron chi connectivity index (χ4n) is 1.78. The van der Waals surface area contributed by atoms with E-state index in [1.165, 1.54) is 7.11 Å². The summed E-state index contributed by atoms with van der Waals surface area (Å²) in [6.07, 6.45) is 2.59. The molecule has 4 heteroatoms. The summed E-state index contributed by atoms with van der Waals surface area (Å²) >= 11 is 0. The number of aryl methyl sites for hydroxylation is 2. The normalized spacial score (nSPS) is 14.4. The highest BCUT2D eigenvalue weighted by atomic mass is 16.5. The molecule has 0 aliphatic carbocycles. The Bertz CT molecular complexity index is 469. The summed E-state index contributed by atoms with van der Waals surface area (Å²) < 4.78 is 4.80. The van der Waals surface area contributed by atoms with E-state index in [0.29, 0.717) is 0 Å². The van der Waals surface area contributed by atoms with Crippen LogP contribution in [0.3, 0.4) is 0 Å². The van der Waals surface area contributed by atoms with E-state index in [9.17, 15) is 4.79 Å². The van der Waals surface area contributed by atoms with Gasteiger partial charge in [0, 0.05) is 23.2 Å². The fraction of sp³-hybridized carbons (Fsp3) is 0.533. The lowest BCUT2D eigenvalue weighted by molar-refractivity contribution is -0.143. The number of nitrogens with zero attached hydrogens (tertiary/aromatic N) is 2. The van der Waals surface area contributed by atoms with Gasteiger partial charge in [-0.25, -0.2) is 4.79 Å². The third kappa shape index (κ3) is 4.16. The van der Waals surface area contributed by atoms with Crippen LogP contribution in [0, 0.1) is 19.8 Å². The first kappa shape index (κ1) is 15.3. The number of aromatic nitrogens is 1. The van der Waals surface area contributed by atoms with Crippen LogP contribution in [0.2, 0.25) is 0 Å². The Morgan fingerprint density at radius 1 is 1.47 bits per heavy atom. The monoisotopic (exact) mass is 262 g/mol. The number of methoxy groups -OCH3 is 1. The molecule has 0 aliphatic heterocycles. The van der Waals surface area contributed by atoms with Gasteiger partial charge in [0.2, 0.25) is 0 Å². The van der Waals surface area contributed by atoms with Crippen LogP contribution >= 0.6 is 0 Å². The number of hydrogen-bond donors (Lipinski definition) is 0. The topological polar surface area (TPSA) is 51.5 Å². The average molecular weight is 262 g/mol. The molecule has 0 fully saturated rings. The number of esters is 1. The smallest absolute Gasteiger partial charge is 0.330 e. The largest absolute Gasteiger partial charge is 0.467 e. The van der Waals surface area contributed by atoms with Gasteiger partial charge in [-0.05, 0) is 31.9 Å². The van der Waals surface area contributed by atoms with Crippen molar-refractivity contribution in [2.75, 3.05) is 7.11 Å². The molecule has 0 unspecified atom stereocenters. The molecular formula is C15H22N2O2. The van der Waals surface area contributed by atoms with Crippen LogP contribution in [0.1, 0.15) is 37.2 Å². The lowest BCUT2D eigenvalue weighted by atomic mass is 10.00. The van der Waals surface area contributed by atoms with Gasteiger partial charge in [-0.3, -0.25) is 9.98 Å². The zero-order valence-corrected chi connectivity index (χ0v) is 12.3. The maximum absolute atomic E-state index is 11.7. The molecule has 0 aliphatic rings. The molecule has 0 N–H and O–H groups in total. The van der Waals surface area contributed by atoms with Crippen molar-refractivity contribution in [2.24, 2.45) is 10.9 Å². The second-order valence-corrected chi connectivity index (χ2v) is 4.76. The number of pyridine rings is 1. The van der Waals surface area contributed by atoms with E-state index in [1.54, 1.807) is 6.21 Å². The second kappa shape index (κ2) is 7.02. The Hall–Kier alpha value is -1.71. The van der Waals surface area contributed by atoms with Gasteiger partial charge in [-0.1, -0.05) is 20.3 Å². The lowest BCUT2D eigenvalue weighted by Gasteiger charge is -2.16. The van der Waals surface area contributed by atoms with Gasteiger partial charge in [0.1, 0.15) is 6.04 Å². The van der Waals surface area contributed by atoms with E-state index in [1.807, 2.05) is 39.8 Å². The molecule has 104 valence electrons. The Morgan fingerprint density at radius 2 is 2.16 bits per heavy atom. The van der Waals surface area contributed by atoms with Crippen molar-refractivity contribution < 1.29 is 9.53 Å². The van der Waals surface area contributed by atoms with E-state index < -0.39 is 6.04 Å². The Labute approximate surface area is 114 Å². The number of carbonyl (C=O) groups is 1. The molecule has 0 radical (unpaired) electrons. The van der Waals surface area contributed by atoms with Gasteiger partial charge >= 0.3 is 5.97 Å². The molecule has 0 spiro atoms. The highest BCUT2D eigenvalue weighted by molar-refractivity contribution is 5.85. The van der Waals surface area contributed by atoms with E-state index in [-0.39, 0.29) is 11.9 Å². The molecule has 0 bridgehead atoms. The van der Waals surface area contributed by atoms with Gasteiger partial charge in [0.25, 0.3) is 0 Å². The van der Waals surface area contributed by atoms with Crippen molar-refractivity contribution in [1.29, 1.82) is 0 Å². The van der Waals surface area contributed by atoms with Crippen LogP contribution in [-0.4, -0.2) is 30.3 Å². The number of ether oxygens (including phenoxy) is 1. The number of carbonyl (C=O) groups excluding carboxylic acids is 1. The first-order valence-electron chi connectivity index (χ1n) is 6.54. The predicted octanol–water partition coefficient (Wildman–Crippen LogP) is 2.71. The molecule has 0 saturated heterocycles. The molecule has 1 aromatic rings. The molecular weight excluding hydrogens is 240 g/mol. The molecule has 0 saturated carbocycles. The van der Waals surface area contributed by atoms with Crippen LogP contribution in [0.4, 0.5) is 0 Å². The minimum atomic E-state index is -0.448. The van der Waals surface area contributed by atoms with Gasteiger partial charge in [-0.15, -0.1) is 0 Å². The number of aliphatic imine (C=N–C) groups is 1. The first-order chi connectivity index (χ1) is 8.99. The third-order valence-corrected chi connectivity index (χ3v) is 3.27. The van der Waals surface area contributed by atoms with Crippen molar-refractivity contribution in [2.45, 2.75) is 40.2 Å². The van der Waals surface area contributed by atoms with Gasteiger partial charge < -0.3 is 4.74 Å². The van der Waals surface area contributed by atoms with E-state index in [0.717, 1.165) is 23.4 Å². The average Bonchev–Trinajstić information content (AvgIpc) is 2.40. The van der Waals surface area contributed by atoms with Crippen LogP contribution in [0.5, 0.6) is 0 Å². The molecule has 1 rings (SSSR count). The summed E-state index contributed by atoms with van der Waals surface area (Å²) in [6, 6.07) is 3.45. The fourth-order valence-corrected chi connectivity index (χ4v) is 1.78. The van der Waals surface area contributed by atoms with E-state index in [2.05, 4.69) is 9.98 Å². The van der Waals surface area contributed by atoms with Gasteiger partial charge in [-0.2, -0.15) is 0 Å². The Kier molecular flexibility index (Phi) is 5.67. The van der Waals surface area contributed by atoms with Crippen molar-refractivity contribution in [1.82, 2.24) is 4.98 Å². The zero-order chi connectivity index (χ0) is 14.4. The molecule has 1 aromatic heterocycles. The molecule has 19 heavy (non-hydrogen) atoms. The summed E-state index contributed by atoms with van der Waals surface area (Å²) in [5.41, 5.74) is 2.82. The first-order valence-corrected chi connectivity index (χ1v) is 6.54. The standard InChI is InChI=1S/C15H22N2O2/c1-6-10(2)14(15(18)19-5)16-9-13-8-7-11(3)17-12(13)4/h7-10,14H,6H2,1-5H3/t10-,14+/m0/s1. The highest BCUT2D eigenvalue weighted by Gasteiger charge is 2.23. The minimum absolute atomic E-state index is 0.155. The van der Waals surface area contributed by atoms with E-state index in [4.69, 9.17) is 4.74 Å². The van der Waals surface area contributed by atoms with Crippen molar-refractivity contribution in [3.8, 4) is 0 Å². The molecule has 0 amide bonds. The molecule has 0 aromatic carbocycles. The molecule has 1 heterocycles. The molecule has 2 atom stereocenters. The zero-order valence-electron chi connectivity index (χ0n) is 12.3. The van der Waals surface area contributed by atoms with Crippen LogP contribution in [-0.2, 0) is 9.53 Å². The van der Waals surface area contributed by atoms with Gasteiger partial charge in [0.05, 0.1) is 7.11 Å². The Morgan fingerprint density at radius 3 is 2.68 bits per heavy atom. The summed E-state index contributed by atoms with van der Waals surface area (Å²) in [5.74, 6) is -0.134. The highest BCUT2D eigenvalue weighted by Crippen LogP contribution is 2.13. The number of rotatable bonds is 5. The van der Waals surface area contributed by atoms with Gasteiger partial charge in [0.15, 0.2) is 0 Å². The summed E-state index contributed by atoms with van der Waals surface area (Å²) in [5, 5.41) is 0. The third-order valence-electron chi connectivity index (χ3n) is 3.27. The Balaban J connectivity index is 2.94. The van der Waals surface area contributed by atoms with Crippen LogP contribution in [0.15, 0.2) is 17.1 Å². The maximum Gasteiger partial charge on any atom is 0.330 e. The molecule has 4 nitrogen and oxygen atoms in total. The van der Waals surface area contributed by atoms with Crippen molar-refractivity contribution in [3.05, 3.63) is 29.1 Å². The van der Waals surface area contributed by atoms with Crippen LogP contribution in [0.25, 0.3) is 0 Å².